The number of ether oxygens (including phenoxy) is 2. The van der Waals surface area contributed by atoms with Crippen molar-refractivity contribution in [2.24, 2.45) is 0 Å². The Morgan fingerprint density at radius 1 is 1.09 bits per heavy atom. The van der Waals surface area contributed by atoms with Gasteiger partial charge in [0.2, 0.25) is 0 Å². The minimum atomic E-state index is -0.309. The number of methoxy groups -OCH3 is 1. The molecule has 1 unspecified atom stereocenters. The minimum absolute atomic E-state index is 0.0892. The largest absolute Gasteiger partial charge is 0.496 e. The Kier molecular flexibility index (Phi) is 7.03. The van der Waals surface area contributed by atoms with Crippen molar-refractivity contribution < 1.29 is 19.1 Å². The second-order valence-corrected chi connectivity index (χ2v) is 11.0. The number of fused-ring (bicyclic) bond motifs is 1. The summed E-state index contributed by atoms with van der Waals surface area (Å²) in [6.45, 7) is 13.1. The summed E-state index contributed by atoms with van der Waals surface area (Å²) in [5.74, 6) is 0.340. The summed E-state index contributed by atoms with van der Waals surface area (Å²) in [7, 11) is 1.70. The van der Waals surface area contributed by atoms with Crippen LogP contribution in [-0.4, -0.2) is 31.6 Å². The Bertz CT molecular complexity index is 1010. The van der Waals surface area contributed by atoms with Crippen LogP contribution < -0.4 is 10.1 Å². The van der Waals surface area contributed by atoms with Crippen molar-refractivity contribution in [3.63, 3.8) is 0 Å². The van der Waals surface area contributed by atoms with Crippen LogP contribution in [0.25, 0.3) is 10.4 Å². The van der Waals surface area contributed by atoms with Gasteiger partial charge in [0.25, 0.3) is 5.91 Å². The highest BCUT2D eigenvalue weighted by molar-refractivity contribution is 7.17. The Morgan fingerprint density at radius 2 is 1.72 bits per heavy atom. The lowest BCUT2D eigenvalue weighted by atomic mass is 9.63. The molecule has 1 aliphatic carbocycles. The van der Waals surface area contributed by atoms with Gasteiger partial charge < -0.3 is 14.8 Å². The first-order valence-electron chi connectivity index (χ1n) is 11.3. The summed E-state index contributed by atoms with van der Waals surface area (Å²) >= 11 is 1.44. The summed E-state index contributed by atoms with van der Waals surface area (Å²) in [6.07, 6.45) is 2.43. The average Bonchev–Trinajstić information content (AvgIpc) is 3.21. The Morgan fingerprint density at radius 3 is 2.31 bits per heavy atom. The van der Waals surface area contributed by atoms with E-state index in [1.165, 1.54) is 22.5 Å². The molecule has 1 aromatic carbocycles. The van der Waals surface area contributed by atoms with Crippen molar-refractivity contribution in [3.05, 3.63) is 40.3 Å². The molecule has 5 nitrogen and oxygen atoms in total. The van der Waals surface area contributed by atoms with Gasteiger partial charge in [-0.05, 0) is 72.9 Å². The second kappa shape index (κ2) is 9.26. The quantitative estimate of drug-likeness (QED) is 0.530. The first-order chi connectivity index (χ1) is 15.0. The van der Waals surface area contributed by atoms with Gasteiger partial charge in [-0.3, -0.25) is 9.59 Å². The third-order valence-electron chi connectivity index (χ3n) is 6.42. The topological polar surface area (TPSA) is 64.6 Å². The maximum Gasteiger partial charge on any atom is 0.307 e. The summed E-state index contributed by atoms with van der Waals surface area (Å²) in [5, 5.41) is 2.89. The zero-order valence-electron chi connectivity index (χ0n) is 20.3. The van der Waals surface area contributed by atoms with E-state index in [1.807, 2.05) is 12.1 Å². The van der Waals surface area contributed by atoms with E-state index in [9.17, 15) is 9.59 Å². The number of hydrogen-bond acceptors (Lipinski definition) is 5. The molecule has 0 fully saturated rings. The van der Waals surface area contributed by atoms with E-state index in [-0.39, 0.29) is 35.2 Å². The smallest absolute Gasteiger partial charge is 0.307 e. The molecule has 2 aromatic rings. The maximum absolute atomic E-state index is 12.7. The van der Waals surface area contributed by atoms with E-state index in [2.05, 4.69) is 45.1 Å². The molecule has 0 bridgehead atoms. The van der Waals surface area contributed by atoms with E-state index in [0.29, 0.717) is 11.5 Å². The maximum atomic E-state index is 12.7. The van der Waals surface area contributed by atoms with Crippen LogP contribution in [0, 0.1) is 0 Å². The van der Waals surface area contributed by atoms with Gasteiger partial charge in [0.05, 0.1) is 25.0 Å². The lowest BCUT2D eigenvalue weighted by Gasteiger charge is -2.42. The number of rotatable bonds is 7. The van der Waals surface area contributed by atoms with Gasteiger partial charge in [0.15, 0.2) is 0 Å². The fraction of sp³-hybridized carbons (Fsp3) is 0.538. The van der Waals surface area contributed by atoms with E-state index in [1.54, 1.807) is 21.0 Å². The number of benzene rings is 1. The molecule has 1 atom stereocenters. The van der Waals surface area contributed by atoms with E-state index in [0.717, 1.165) is 29.0 Å². The summed E-state index contributed by atoms with van der Waals surface area (Å²) in [4.78, 5) is 26.0. The number of nitrogens with one attached hydrogen (secondary N) is 1. The van der Waals surface area contributed by atoms with Crippen molar-refractivity contribution in [2.45, 2.75) is 77.7 Å². The van der Waals surface area contributed by atoms with Gasteiger partial charge in [-0.2, -0.15) is 0 Å². The number of carbonyl (C=O) groups excluding carboxylic acids is 2. The predicted octanol–water partition coefficient (Wildman–Crippen LogP) is 5.84. The van der Waals surface area contributed by atoms with Gasteiger partial charge >= 0.3 is 5.97 Å². The molecule has 0 spiro atoms. The highest BCUT2D eigenvalue weighted by Gasteiger charge is 2.38. The monoisotopic (exact) mass is 457 g/mol. The number of hydrogen-bond donors (Lipinski definition) is 1. The molecular weight excluding hydrogens is 422 g/mol. The second-order valence-electron chi connectivity index (χ2n) is 9.91. The minimum Gasteiger partial charge on any atom is -0.496 e. The highest BCUT2D eigenvalue weighted by Crippen LogP contribution is 2.49. The van der Waals surface area contributed by atoms with Crippen molar-refractivity contribution in [1.29, 1.82) is 0 Å². The van der Waals surface area contributed by atoms with Crippen LogP contribution >= 0.6 is 11.3 Å². The first-order valence-corrected chi connectivity index (χ1v) is 12.1. The zero-order valence-corrected chi connectivity index (χ0v) is 21.1. The third kappa shape index (κ3) is 5.01. The molecule has 6 heteroatoms. The van der Waals surface area contributed by atoms with Gasteiger partial charge in [0.1, 0.15) is 5.75 Å². The fourth-order valence-electron chi connectivity index (χ4n) is 4.38. The van der Waals surface area contributed by atoms with Gasteiger partial charge in [-0.15, -0.1) is 11.3 Å². The molecule has 0 saturated heterocycles. The van der Waals surface area contributed by atoms with Crippen LogP contribution in [0.4, 0.5) is 0 Å². The summed E-state index contributed by atoms with van der Waals surface area (Å²) in [6, 6.07) is 7.95. The molecule has 0 saturated carbocycles. The Labute approximate surface area is 195 Å². The van der Waals surface area contributed by atoms with Crippen LogP contribution in [0.5, 0.6) is 5.75 Å². The molecule has 32 heavy (non-hydrogen) atoms. The van der Waals surface area contributed by atoms with Crippen molar-refractivity contribution in [2.75, 3.05) is 13.7 Å². The molecule has 1 aliphatic rings. The van der Waals surface area contributed by atoms with Crippen LogP contribution in [0.15, 0.2) is 24.3 Å². The standard InChI is InChI=1S/C26H35NO4S/c1-8-31-23(28)13-16(2)27-24(29)22-10-9-21(32-22)17-14-18-19(15-20(17)30-7)26(5,6)12-11-25(18,3)4/h9-10,14-16H,8,11-13H2,1-7H3,(H,27,29). The van der Waals surface area contributed by atoms with Crippen molar-refractivity contribution in [1.82, 2.24) is 5.32 Å². The summed E-state index contributed by atoms with van der Waals surface area (Å²) < 4.78 is 10.7. The lowest BCUT2D eigenvalue weighted by molar-refractivity contribution is -0.143. The van der Waals surface area contributed by atoms with Gasteiger partial charge in [-0.1, -0.05) is 27.7 Å². The molecule has 0 radical (unpaired) electrons. The first kappa shape index (κ1) is 24.3. The fourth-order valence-corrected chi connectivity index (χ4v) is 5.31. The molecule has 1 aromatic heterocycles. The highest BCUT2D eigenvalue weighted by atomic mass is 32.1. The van der Waals surface area contributed by atoms with E-state index < -0.39 is 0 Å². The molecule has 1 N–H and O–H groups in total. The SMILES string of the molecule is CCOC(=O)CC(C)NC(=O)c1ccc(-c2cc3c(cc2OC)C(C)(C)CCC3(C)C)s1. The Balaban J connectivity index is 1.89. The average molecular weight is 458 g/mol. The van der Waals surface area contributed by atoms with Crippen LogP contribution in [-0.2, 0) is 20.4 Å². The van der Waals surface area contributed by atoms with Crippen LogP contribution in [0.2, 0.25) is 0 Å². The number of carbonyl (C=O) groups is 2. The van der Waals surface area contributed by atoms with Crippen LogP contribution in [0.1, 0.15) is 81.6 Å². The van der Waals surface area contributed by atoms with Crippen LogP contribution in [0.3, 0.4) is 0 Å². The van der Waals surface area contributed by atoms with E-state index >= 15 is 0 Å². The third-order valence-corrected chi connectivity index (χ3v) is 7.54. The Hall–Kier alpha value is -2.34. The lowest BCUT2D eigenvalue weighted by Crippen LogP contribution is -2.34. The van der Waals surface area contributed by atoms with Crippen molar-refractivity contribution in [3.8, 4) is 16.2 Å². The number of esters is 1. The number of amides is 1. The zero-order chi connectivity index (χ0) is 23.7. The normalized spacial score (nSPS) is 17.2. The van der Waals surface area contributed by atoms with Crippen molar-refractivity contribution >= 4 is 23.2 Å². The predicted molar refractivity (Wildman–Crippen MR) is 130 cm³/mol. The van der Waals surface area contributed by atoms with E-state index in [4.69, 9.17) is 9.47 Å². The molecule has 3 rings (SSSR count). The molecular formula is C26H35NO4S. The molecule has 1 heterocycles. The summed E-state index contributed by atoms with van der Waals surface area (Å²) in [5.41, 5.74) is 3.90. The van der Waals surface area contributed by atoms with Gasteiger partial charge in [-0.25, -0.2) is 0 Å². The molecule has 174 valence electrons. The number of thiophene rings is 1. The molecule has 1 amide bonds. The van der Waals surface area contributed by atoms with Gasteiger partial charge in [0, 0.05) is 16.5 Å². The molecule has 0 aliphatic heterocycles.